The van der Waals surface area contributed by atoms with Crippen molar-refractivity contribution in [3.63, 3.8) is 0 Å². The lowest BCUT2D eigenvalue weighted by molar-refractivity contribution is 0.784. The fraction of sp³-hybridized carbons (Fsp3) is 0.308. The van der Waals surface area contributed by atoms with Gasteiger partial charge in [0, 0.05) is 19.4 Å². The monoisotopic (exact) mass is 284 g/mol. The Bertz CT molecular complexity index is 727. The maximum atomic E-state index is 4.29. The number of H-pyrrole nitrogens is 1. The van der Waals surface area contributed by atoms with E-state index in [4.69, 9.17) is 0 Å². The van der Waals surface area contributed by atoms with Gasteiger partial charge in [0.2, 0.25) is 0 Å². The van der Waals surface area contributed by atoms with Gasteiger partial charge in [-0.25, -0.2) is 9.97 Å². The van der Waals surface area contributed by atoms with E-state index in [-0.39, 0.29) is 6.04 Å². The van der Waals surface area contributed by atoms with Crippen LogP contribution in [0, 0.1) is 6.92 Å². The number of nitrogens with zero attached hydrogens (tertiary/aromatic N) is 6. The molecule has 2 N–H and O–H groups in total. The highest BCUT2D eigenvalue weighted by atomic mass is 15.2. The minimum atomic E-state index is -0.0525. The van der Waals surface area contributed by atoms with Gasteiger partial charge in [0.25, 0.3) is 0 Å². The van der Waals surface area contributed by atoms with E-state index in [9.17, 15) is 0 Å². The summed E-state index contributed by atoms with van der Waals surface area (Å²) in [5.74, 6) is 2.94. The molecule has 0 aliphatic rings. The second-order valence-corrected chi connectivity index (χ2v) is 4.81. The molecule has 8 heteroatoms. The summed E-state index contributed by atoms with van der Waals surface area (Å²) in [6.07, 6.45) is 3.60. The van der Waals surface area contributed by atoms with Gasteiger partial charge in [0.1, 0.15) is 17.3 Å². The second kappa shape index (κ2) is 5.31. The summed E-state index contributed by atoms with van der Waals surface area (Å²) in [4.78, 5) is 8.53. The van der Waals surface area contributed by atoms with E-state index in [0.29, 0.717) is 11.6 Å². The van der Waals surface area contributed by atoms with Crippen molar-refractivity contribution >= 4 is 5.82 Å². The number of hydrogen-bond acceptors (Lipinski definition) is 6. The Labute approximate surface area is 121 Å². The molecule has 0 aliphatic carbocycles. The molecular formula is C13H16N8. The van der Waals surface area contributed by atoms with Crippen molar-refractivity contribution in [3.8, 4) is 11.5 Å². The standard InChI is InChI=1S/C13H16N8/c1-8(12-16-9(2)17-20-12)15-11-5-4-10(18-19-11)13-14-6-7-21(13)3/h4-8H,1-3H3,(H,15,19)(H,16,17,20)/t8-/m0/s1. The molecular weight excluding hydrogens is 268 g/mol. The number of aromatic amines is 1. The molecule has 0 amide bonds. The van der Waals surface area contributed by atoms with Crippen LogP contribution in [-0.2, 0) is 7.05 Å². The maximum absolute atomic E-state index is 4.29. The van der Waals surface area contributed by atoms with Crippen molar-refractivity contribution in [3.05, 3.63) is 36.2 Å². The minimum absolute atomic E-state index is 0.0525. The van der Waals surface area contributed by atoms with Crippen LogP contribution < -0.4 is 5.32 Å². The fourth-order valence-corrected chi connectivity index (χ4v) is 1.98. The van der Waals surface area contributed by atoms with Crippen LogP contribution in [0.2, 0.25) is 0 Å². The smallest absolute Gasteiger partial charge is 0.172 e. The number of aryl methyl sites for hydroxylation is 2. The molecule has 0 saturated heterocycles. The highest BCUT2D eigenvalue weighted by molar-refractivity contribution is 5.51. The van der Waals surface area contributed by atoms with E-state index in [1.54, 1.807) is 6.20 Å². The second-order valence-electron chi connectivity index (χ2n) is 4.81. The quantitative estimate of drug-likeness (QED) is 0.753. The lowest BCUT2D eigenvalue weighted by atomic mass is 10.3. The Morgan fingerprint density at radius 2 is 2.14 bits per heavy atom. The van der Waals surface area contributed by atoms with Crippen LogP contribution in [0.25, 0.3) is 11.5 Å². The van der Waals surface area contributed by atoms with Crippen LogP contribution in [0.3, 0.4) is 0 Å². The molecule has 8 nitrogen and oxygen atoms in total. The first-order valence-corrected chi connectivity index (χ1v) is 6.60. The van der Waals surface area contributed by atoms with Crippen LogP contribution in [0.15, 0.2) is 24.5 Å². The third-order valence-corrected chi connectivity index (χ3v) is 3.08. The van der Waals surface area contributed by atoms with Crippen LogP contribution in [-0.4, -0.2) is 34.9 Å². The van der Waals surface area contributed by atoms with E-state index >= 15 is 0 Å². The largest absolute Gasteiger partial charge is 0.359 e. The molecule has 108 valence electrons. The normalized spacial score (nSPS) is 12.3. The van der Waals surface area contributed by atoms with Crippen LogP contribution in [0.4, 0.5) is 5.82 Å². The van der Waals surface area contributed by atoms with Gasteiger partial charge in [0.05, 0.1) is 6.04 Å². The van der Waals surface area contributed by atoms with Crippen LogP contribution >= 0.6 is 0 Å². The highest BCUT2D eigenvalue weighted by Crippen LogP contribution is 2.17. The van der Waals surface area contributed by atoms with Crippen molar-refractivity contribution in [1.82, 2.24) is 34.9 Å². The first-order chi connectivity index (χ1) is 10.1. The summed E-state index contributed by atoms with van der Waals surface area (Å²) in [6, 6.07) is 3.70. The Balaban J connectivity index is 1.74. The molecule has 0 aromatic carbocycles. The van der Waals surface area contributed by atoms with Crippen LogP contribution in [0.1, 0.15) is 24.6 Å². The summed E-state index contributed by atoms with van der Waals surface area (Å²) in [7, 11) is 1.92. The van der Waals surface area contributed by atoms with Crippen molar-refractivity contribution in [2.24, 2.45) is 7.05 Å². The van der Waals surface area contributed by atoms with Crippen molar-refractivity contribution in [2.45, 2.75) is 19.9 Å². The summed E-state index contributed by atoms with van der Waals surface area (Å²) in [5.41, 5.74) is 0.731. The summed E-state index contributed by atoms with van der Waals surface area (Å²) < 4.78 is 1.90. The molecule has 21 heavy (non-hydrogen) atoms. The molecule has 0 aliphatic heterocycles. The molecule has 0 saturated carbocycles. The maximum Gasteiger partial charge on any atom is 0.172 e. The summed E-state index contributed by atoms with van der Waals surface area (Å²) >= 11 is 0. The molecule has 0 spiro atoms. The minimum Gasteiger partial charge on any atom is -0.359 e. The molecule has 0 radical (unpaired) electrons. The lowest BCUT2D eigenvalue weighted by Gasteiger charge is -2.10. The first-order valence-electron chi connectivity index (χ1n) is 6.60. The van der Waals surface area contributed by atoms with Gasteiger partial charge in [-0.05, 0) is 26.0 Å². The van der Waals surface area contributed by atoms with Gasteiger partial charge >= 0.3 is 0 Å². The molecule has 3 rings (SSSR count). The van der Waals surface area contributed by atoms with Gasteiger partial charge < -0.3 is 9.88 Å². The molecule has 3 heterocycles. The van der Waals surface area contributed by atoms with Crippen molar-refractivity contribution in [2.75, 3.05) is 5.32 Å². The predicted octanol–water partition coefficient (Wildman–Crippen LogP) is 1.48. The lowest BCUT2D eigenvalue weighted by Crippen LogP contribution is -2.10. The van der Waals surface area contributed by atoms with E-state index in [1.807, 2.05) is 43.8 Å². The van der Waals surface area contributed by atoms with Crippen molar-refractivity contribution in [1.29, 1.82) is 0 Å². The molecule has 3 aromatic rings. The highest BCUT2D eigenvalue weighted by Gasteiger charge is 2.12. The number of imidazole rings is 1. The van der Waals surface area contributed by atoms with E-state index in [1.165, 1.54) is 0 Å². The van der Waals surface area contributed by atoms with Gasteiger partial charge in [-0.3, -0.25) is 5.10 Å². The third-order valence-electron chi connectivity index (χ3n) is 3.08. The Hall–Kier alpha value is -2.77. The Morgan fingerprint density at radius 3 is 2.71 bits per heavy atom. The van der Waals surface area contributed by atoms with Gasteiger partial charge in [-0.1, -0.05) is 0 Å². The van der Waals surface area contributed by atoms with Gasteiger partial charge in [0.15, 0.2) is 11.6 Å². The average molecular weight is 284 g/mol. The zero-order valence-electron chi connectivity index (χ0n) is 12.1. The molecule has 3 aromatic heterocycles. The summed E-state index contributed by atoms with van der Waals surface area (Å²) in [5, 5.41) is 18.5. The molecule has 0 unspecified atom stereocenters. The van der Waals surface area contributed by atoms with Crippen molar-refractivity contribution < 1.29 is 0 Å². The Morgan fingerprint density at radius 1 is 1.29 bits per heavy atom. The number of nitrogens with one attached hydrogen (secondary N) is 2. The SMILES string of the molecule is Cc1nc([C@H](C)Nc2ccc(-c3nccn3C)nn2)n[nH]1. The van der Waals surface area contributed by atoms with Gasteiger partial charge in [-0.15, -0.1) is 10.2 Å². The number of aromatic nitrogens is 7. The summed E-state index contributed by atoms with van der Waals surface area (Å²) in [6.45, 7) is 3.83. The number of hydrogen-bond donors (Lipinski definition) is 2. The van der Waals surface area contributed by atoms with E-state index < -0.39 is 0 Å². The number of rotatable bonds is 4. The van der Waals surface area contributed by atoms with Gasteiger partial charge in [-0.2, -0.15) is 5.10 Å². The van der Waals surface area contributed by atoms with E-state index in [2.05, 4.69) is 35.7 Å². The Kier molecular flexibility index (Phi) is 3.35. The average Bonchev–Trinajstić information content (AvgIpc) is 3.08. The fourth-order valence-electron chi connectivity index (χ4n) is 1.98. The van der Waals surface area contributed by atoms with E-state index in [0.717, 1.165) is 17.3 Å². The predicted molar refractivity (Wildman–Crippen MR) is 77.4 cm³/mol. The molecule has 1 atom stereocenters. The topological polar surface area (TPSA) is 97.2 Å². The first kappa shape index (κ1) is 13.2. The zero-order valence-corrected chi connectivity index (χ0v) is 12.1. The third kappa shape index (κ3) is 2.73. The zero-order chi connectivity index (χ0) is 14.8. The van der Waals surface area contributed by atoms with Crippen LogP contribution in [0.5, 0.6) is 0 Å². The molecule has 0 bridgehead atoms. The molecule has 0 fully saturated rings. The number of anilines is 1.